The summed E-state index contributed by atoms with van der Waals surface area (Å²) in [5, 5.41) is 0. The van der Waals surface area contributed by atoms with Crippen molar-refractivity contribution in [2.45, 2.75) is 54.3 Å². The summed E-state index contributed by atoms with van der Waals surface area (Å²) in [6, 6.07) is 13.3. The Kier molecular flexibility index (Phi) is 4.64. The first kappa shape index (κ1) is 22.4. The van der Waals surface area contributed by atoms with Crippen molar-refractivity contribution in [2.24, 2.45) is 10.8 Å². The Morgan fingerprint density at radius 2 is 1.38 bits per heavy atom. The zero-order valence-electron chi connectivity index (χ0n) is 20.8. The van der Waals surface area contributed by atoms with E-state index in [0.29, 0.717) is 16.9 Å². The average molecular weight is 455 g/mol. The zero-order chi connectivity index (χ0) is 24.6. The van der Waals surface area contributed by atoms with Crippen molar-refractivity contribution in [3.05, 3.63) is 93.6 Å². The van der Waals surface area contributed by atoms with E-state index in [0.717, 1.165) is 33.4 Å². The molecule has 0 bridgehead atoms. The molecule has 34 heavy (non-hydrogen) atoms. The summed E-state index contributed by atoms with van der Waals surface area (Å²) in [4.78, 5) is 26.5. The second kappa shape index (κ2) is 7.05. The standard InChI is InChI=1S/C30H30O4/c1-17-12-13-24-20(14-17)25(30(33-24)21-11-9-8-10-19(21)27(32)34-30)18-15-22(28(2,3)4)26(31)23(16-18)29(5,6)7/h8-16H,1-7H3/t30-/m0/s1. The number of rotatable bonds is 0. The van der Waals surface area contributed by atoms with E-state index in [-0.39, 0.29) is 16.6 Å². The molecule has 0 amide bonds. The lowest BCUT2D eigenvalue weighted by Gasteiger charge is -2.33. The van der Waals surface area contributed by atoms with Crippen LogP contribution in [-0.2, 0) is 15.3 Å². The first-order valence-corrected chi connectivity index (χ1v) is 11.7. The van der Waals surface area contributed by atoms with Gasteiger partial charge in [-0.15, -0.1) is 0 Å². The maximum atomic E-state index is 13.6. The van der Waals surface area contributed by atoms with Crippen LogP contribution >= 0.6 is 0 Å². The Morgan fingerprint density at radius 3 is 2.00 bits per heavy atom. The highest BCUT2D eigenvalue weighted by molar-refractivity contribution is 6.13. The van der Waals surface area contributed by atoms with Crippen molar-refractivity contribution in [1.82, 2.24) is 0 Å². The average Bonchev–Trinajstić information content (AvgIpc) is 3.20. The molecule has 0 aromatic heterocycles. The van der Waals surface area contributed by atoms with Gasteiger partial charge in [-0.3, -0.25) is 4.79 Å². The van der Waals surface area contributed by atoms with Crippen LogP contribution in [0.25, 0.3) is 5.57 Å². The van der Waals surface area contributed by atoms with E-state index in [1.54, 1.807) is 6.07 Å². The molecule has 1 aliphatic carbocycles. The molecule has 0 N–H and O–H groups in total. The van der Waals surface area contributed by atoms with Crippen LogP contribution in [0.5, 0.6) is 5.75 Å². The van der Waals surface area contributed by atoms with Crippen LogP contribution in [0, 0.1) is 17.8 Å². The Labute approximate surface area is 201 Å². The molecule has 0 saturated heterocycles. The second-order valence-electron chi connectivity index (χ2n) is 11.4. The smallest absolute Gasteiger partial charge is 0.342 e. The Hall–Kier alpha value is -3.40. The Morgan fingerprint density at radius 1 is 0.765 bits per heavy atom. The van der Waals surface area contributed by atoms with Gasteiger partial charge in [0.25, 0.3) is 0 Å². The maximum Gasteiger partial charge on any atom is 0.342 e. The van der Waals surface area contributed by atoms with E-state index < -0.39 is 11.8 Å². The number of hydrogen-bond acceptors (Lipinski definition) is 4. The molecule has 174 valence electrons. The van der Waals surface area contributed by atoms with E-state index >= 15 is 0 Å². The van der Waals surface area contributed by atoms with Gasteiger partial charge < -0.3 is 9.47 Å². The van der Waals surface area contributed by atoms with Crippen LogP contribution in [0.15, 0.2) is 71.3 Å². The van der Waals surface area contributed by atoms with Gasteiger partial charge >= 0.3 is 11.8 Å². The number of ether oxygens (including phenoxy) is 2. The van der Waals surface area contributed by atoms with Crippen LogP contribution in [0.2, 0.25) is 0 Å². The third-order valence-corrected chi connectivity index (χ3v) is 6.72. The van der Waals surface area contributed by atoms with Crippen LogP contribution in [0.4, 0.5) is 0 Å². The molecular formula is C30H30O4. The Bertz CT molecular complexity index is 1320. The number of fused-ring (bicyclic) bond motifs is 3. The van der Waals surface area contributed by atoms with E-state index in [2.05, 4.69) is 47.6 Å². The number of benzene rings is 2. The fourth-order valence-corrected chi connectivity index (χ4v) is 4.99. The summed E-state index contributed by atoms with van der Waals surface area (Å²) in [6.45, 7) is 14.3. The van der Waals surface area contributed by atoms with Crippen molar-refractivity contribution in [2.75, 3.05) is 0 Å². The molecule has 2 aliphatic heterocycles. The van der Waals surface area contributed by atoms with Gasteiger partial charge in [0.1, 0.15) is 5.75 Å². The monoisotopic (exact) mass is 454 g/mol. The number of ketones is 1. The third kappa shape index (κ3) is 3.19. The molecular weight excluding hydrogens is 424 g/mol. The minimum atomic E-state index is -1.39. The van der Waals surface area contributed by atoms with Gasteiger partial charge in [-0.1, -0.05) is 65.3 Å². The fraction of sp³-hybridized carbons (Fsp3) is 0.333. The molecule has 0 fully saturated rings. The first-order valence-electron chi connectivity index (χ1n) is 11.7. The molecule has 2 aromatic rings. The van der Waals surface area contributed by atoms with E-state index in [1.165, 1.54) is 0 Å². The van der Waals surface area contributed by atoms with Crippen molar-refractivity contribution >= 4 is 17.3 Å². The topological polar surface area (TPSA) is 52.6 Å². The number of aryl methyl sites for hydroxylation is 1. The molecule has 1 atom stereocenters. The van der Waals surface area contributed by atoms with Gasteiger partial charge in [-0.05, 0) is 59.7 Å². The van der Waals surface area contributed by atoms with Gasteiger partial charge in [0.2, 0.25) is 0 Å². The minimum absolute atomic E-state index is 0.0607. The van der Waals surface area contributed by atoms with Gasteiger partial charge in [0.15, 0.2) is 5.78 Å². The lowest BCUT2D eigenvalue weighted by atomic mass is 9.71. The third-order valence-electron chi connectivity index (χ3n) is 6.72. The van der Waals surface area contributed by atoms with Gasteiger partial charge in [-0.2, -0.15) is 0 Å². The molecule has 2 heterocycles. The van der Waals surface area contributed by atoms with Gasteiger partial charge in [0.05, 0.1) is 16.7 Å². The van der Waals surface area contributed by atoms with Crippen molar-refractivity contribution in [3.8, 4) is 5.75 Å². The normalized spacial score (nSPS) is 21.7. The van der Waals surface area contributed by atoms with Crippen LogP contribution in [0.1, 0.15) is 68.6 Å². The van der Waals surface area contributed by atoms with Crippen LogP contribution in [-0.4, -0.2) is 11.8 Å². The lowest BCUT2D eigenvalue weighted by Crippen LogP contribution is -2.32. The SMILES string of the molecule is Cc1ccc2c(c1)C(=C1C=C(C(C)(C)C)C(=O)C(C(C)(C)C)=C1)[C@]1(OC(=O)c3ccccc31)O2. The predicted molar refractivity (Wildman–Crippen MR) is 132 cm³/mol. The summed E-state index contributed by atoms with van der Waals surface area (Å²) in [7, 11) is 0. The predicted octanol–water partition coefficient (Wildman–Crippen LogP) is 6.69. The van der Waals surface area contributed by atoms with Crippen molar-refractivity contribution < 1.29 is 19.1 Å². The summed E-state index contributed by atoms with van der Waals surface area (Å²) < 4.78 is 12.6. The van der Waals surface area contributed by atoms with E-state index in [9.17, 15) is 9.59 Å². The molecule has 1 spiro atoms. The highest BCUT2D eigenvalue weighted by Crippen LogP contribution is 2.57. The molecule has 2 aromatic carbocycles. The molecule has 3 aliphatic rings. The molecule has 0 saturated carbocycles. The number of Topliss-reactive ketones (excluding diaryl/α,β-unsaturated/α-hetero) is 1. The number of carbonyl (C=O) groups excluding carboxylic acids is 2. The van der Waals surface area contributed by atoms with E-state index in [1.807, 2.05) is 49.4 Å². The quantitative estimate of drug-likeness (QED) is 0.416. The largest absolute Gasteiger partial charge is 0.443 e. The summed E-state index contributed by atoms with van der Waals surface area (Å²) in [5.74, 6) is -1.08. The first-order chi connectivity index (χ1) is 15.8. The summed E-state index contributed by atoms with van der Waals surface area (Å²) in [6.07, 6.45) is 3.93. The zero-order valence-corrected chi connectivity index (χ0v) is 20.8. The van der Waals surface area contributed by atoms with Crippen molar-refractivity contribution in [3.63, 3.8) is 0 Å². The van der Waals surface area contributed by atoms with E-state index in [4.69, 9.17) is 9.47 Å². The summed E-state index contributed by atoms with van der Waals surface area (Å²) >= 11 is 0. The lowest BCUT2D eigenvalue weighted by molar-refractivity contribution is -0.114. The Balaban J connectivity index is 1.90. The molecule has 0 radical (unpaired) electrons. The highest BCUT2D eigenvalue weighted by atomic mass is 16.7. The summed E-state index contributed by atoms with van der Waals surface area (Å²) in [5.41, 5.74) is 5.47. The molecule has 5 rings (SSSR count). The number of carbonyl (C=O) groups is 2. The number of allylic oxidation sites excluding steroid dienone is 5. The van der Waals surface area contributed by atoms with Gasteiger partial charge in [-0.25, -0.2) is 4.79 Å². The van der Waals surface area contributed by atoms with Crippen LogP contribution < -0.4 is 4.74 Å². The number of esters is 1. The van der Waals surface area contributed by atoms with Crippen LogP contribution in [0.3, 0.4) is 0 Å². The fourth-order valence-electron chi connectivity index (χ4n) is 4.99. The van der Waals surface area contributed by atoms with Crippen molar-refractivity contribution in [1.29, 1.82) is 0 Å². The minimum Gasteiger partial charge on any atom is -0.443 e. The molecule has 0 unspecified atom stereocenters. The van der Waals surface area contributed by atoms with Gasteiger partial charge in [0, 0.05) is 16.7 Å². The highest BCUT2D eigenvalue weighted by Gasteiger charge is 2.56. The molecule has 4 heteroatoms. The maximum absolute atomic E-state index is 13.6. The second-order valence-corrected chi connectivity index (χ2v) is 11.4. The number of hydrogen-bond donors (Lipinski definition) is 0. The molecule has 4 nitrogen and oxygen atoms in total.